The Morgan fingerprint density at radius 3 is 1.78 bits per heavy atom. The zero-order chi connectivity index (χ0) is 18.8. The summed E-state index contributed by atoms with van der Waals surface area (Å²) in [7, 11) is 1.81. The number of benzene rings is 3. The van der Waals surface area contributed by atoms with E-state index < -0.39 is 0 Å². The van der Waals surface area contributed by atoms with Crippen LogP contribution in [0.2, 0.25) is 0 Å². The molecule has 1 aliphatic rings. The molecule has 0 bridgehead atoms. The quantitative estimate of drug-likeness (QED) is 0.662. The fraction of sp³-hybridized carbons (Fsp3) is 0.0435. The Balaban J connectivity index is 1.88. The summed E-state index contributed by atoms with van der Waals surface area (Å²) in [6.45, 7) is 0. The number of imide groups is 1. The molecule has 0 atom stereocenters. The fourth-order valence-electron chi connectivity index (χ4n) is 3.29. The predicted octanol–water partition coefficient (Wildman–Crippen LogP) is 4.11. The third-order valence-corrected chi connectivity index (χ3v) is 4.62. The lowest BCUT2D eigenvalue weighted by Gasteiger charge is -2.21. The number of carbonyl (C=O) groups is 2. The summed E-state index contributed by atoms with van der Waals surface area (Å²) in [6, 6.07) is 27.9. The lowest BCUT2D eigenvalue weighted by atomic mass is 10.0. The molecule has 0 aromatic heterocycles. The van der Waals surface area contributed by atoms with Crippen LogP contribution >= 0.6 is 0 Å². The van der Waals surface area contributed by atoms with Gasteiger partial charge in [0.2, 0.25) is 0 Å². The number of amides is 2. The van der Waals surface area contributed by atoms with E-state index in [9.17, 15) is 9.59 Å². The van der Waals surface area contributed by atoms with Crippen LogP contribution < -0.4 is 9.80 Å². The molecule has 132 valence electrons. The Bertz CT molecular complexity index is 1010. The molecule has 4 nitrogen and oxygen atoms in total. The standard InChI is InChI=1S/C23H18N2O2/c1-24(18-13-7-3-8-14-18)21-20(17-11-5-2-6-12-17)22(26)25(23(21)27)19-15-9-4-10-16-19/h2-16H,1H3. The van der Waals surface area contributed by atoms with Gasteiger partial charge in [0.1, 0.15) is 5.70 Å². The van der Waals surface area contributed by atoms with Crippen LogP contribution in [0, 0.1) is 0 Å². The first-order valence-corrected chi connectivity index (χ1v) is 8.71. The predicted molar refractivity (Wildman–Crippen MR) is 107 cm³/mol. The Kier molecular flexibility index (Phi) is 4.30. The minimum atomic E-state index is -0.323. The molecule has 3 aromatic carbocycles. The van der Waals surface area contributed by atoms with Gasteiger partial charge in [-0.25, -0.2) is 4.90 Å². The summed E-state index contributed by atoms with van der Waals surface area (Å²) in [5.41, 5.74) is 2.93. The number of nitrogens with zero attached hydrogens (tertiary/aromatic N) is 2. The molecule has 4 heteroatoms. The number of para-hydroxylation sites is 2. The maximum absolute atomic E-state index is 13.3. The first-order valence-electron chi connectivity index (χ1n) is 8.71. The molecule has 0 fully saturated rings. The fourth-order valence-corrected chi connectivity index (χ4v) is 3.29. The summed E-state index contributed by atoms with van der Waals surface area (Å²) in [6.07, 6.45) is 0. The van der Waals surface area contributed by atoms with Gasteiger partial charge >= 0.3 is 0 Å². The van der Waals surface area contributed by atoms with Gasteiger partial charge in [0.15, 0.2) is 0 Å². The van der Waals surface area contributed by atoms with E-state index in [2.05, 4.69) is 0 Å². The topological polar surface area (TPSA) is 40.6 Å². The number of hydrogen-bond donors (Lipinski definition) is 0. The van der Waals surface area contributed by atoms with E-state index in [0.717, 1.165) is 11.3 Å². The zero-order valence-electron chi connectivity index (χ0n) is 14.9. The van der Waals surface area contributed by atoms with Crippen LogP contribution in [-0.2, 0) is 9.59 Å². The van der Waals surface area contributed by atoms with Crippen molar-refractivity contribution in [3.05, 3.63) is 102 Å². The van der Waals surface area contributed by atoms with E-state index >= 15 is 0 Å². The number of rotatable bonds is 4. The van der Waals surface area contributed by atoms with Gasteiger partial charge < -0.3 is 4.90 Å². The number of carbonyl (C=O) groups excluding carboxylic acids is 2. The third kappa shape index (κ3) is 2.91. The summed E-state index contributed by atoms with van der Waals surface area (Å²) in [5.74, 6) is -0.633. The third-order valence-electron chi connectivity index (χ3n) is 4.62. The number of anilines is 2. The molecule has 0 unspecified atom stereocenters. The summed E-state index contributed by atoms with van der Waals surface area (Å²) in [5, 5.41) is 0. The highest BCUT2D eigenvalue weighted by Gasteiger charge is 2.41. The van der Waals surface area contributed by atoms with Gasteiger partial charge in [-0.05, 0) is 29.8 Å². The van der Waals surface area contributed by atoms with Gasteiger partial charge in [0.25, 0.3) is 11.8 Å². The van der Waals surface area contributed by atoms with E-state index in [1.54, 1.807) is 17.0 Å². The van der Waals surface area contributed by atoms with Crippen LogP contribution in [0.1, 0.15) is 5.56 Å². The van der Waals surface area contributed by atoms with Crippen LogP contribution in [0.15, 0.2) is 96.7 Å². The Labute approximate surface area is 158 Å². The summed E-state index contributed by atoms with van der Waals surface area (Å²) < 4.78 is 0. The Morgan fingerprint density at radius 1 is 0.667 bits per heavy atom. The van der Waals surface area contributed by atoms with Crippen molar-refractivity contribution in [2.45, 2.75) is 0 Å². The summed E-state index contributed by atoms with van der Waals surface area (Å²) in [4.78, 5) is 29.6. The molecule has 1 heterocycles. The van der Waals surface area contributed by atoms with E-state index in [0.29, 0.717) is 17.0 Å². The van der Waals surface area contributed by atoms with Gasteiger partial charge in [-0.15, -0.1) is 0 Å². The second-order valence-electron chi connectivity index (χ2n) is 6.27. The minimum Gasteiger partial charge on any atom is -0.339 e. The average Bonchev–Trinajstić information content (AvgIpc) is 2.99. The molecule has 0 radical (unpaired) electrons. The van der Waals surface area contributed by atoms with Crippen LogP contribution in [0.25, 0.3) is 5.57 Å². The van der Waals surface area contributed by atoms with E-state index in [4.69, 9.17) is 0 Å². The largest absolute Gasteiger partial charge is 0.339 e. The van der Waals surface area contributed by atoms with Crippen molar-refractivity contribution in [2.75, 3.05) is 16.8 Å². The van der Waals surface area contributed by atoms with Crippen molar-refractivity contribution in [3.63, 3.8) is 0 Å². The van der Waals surface area contributed by atoms with Crippen molar-refractivity contribution in [1.29, 1.82) is 0 Å². The highest BCUT2D eigenvalue weighted by atomic mass is 16.2. The Morgan fingerprint density at radius 2 is 1.19 bits per heavy atom. The van der Waals surface area contributed by atoms with Crippen molar-refractivity contribution < 1.29 is 9.59 Å². The minimum absolute atomic E-state index is 0.310. The number of hydrogen-bond acceptors (Lipinski definition) is 3. The molecule has 0 N–H and O–H groups in total. The molecule has 27 heavy (non-hydrogen) atoms. The molecule has 0 spiro atoms. The van der Waals surface area contributed by atoms with Gasteiger partial charge in [0.05, 0.1) is 11.3 Å². The number of likely N-dealkylation sites (N-methyl/N-ethyl adjacent to an activating group) is 1. The molecular formula is C23H18N2O2. The molecule has 0 aliphatic carbocycles. The first-order chi connectivity index (χ1) is 13.2. The van der Waals surface area contributed by atoms with Crippen molar-refractivity contribution in [3.8, 4) is 0 Å². The van der Waals surface area contributed by atoms with Crippen LogP contribution in [0.4, 0.5) is 11.4 Å². The van der Waals surface area contributed by atoms with E-state index in [-0.39, 0.29) is 11.8 Å². The van der Waals surface area contributed by atoms with Crippen molar-refractivity contribution in [2.24, 2.45) is 0 Å². The smallest absolute Gasteiger partial charge is 0.282 e. The normalized spacial score (nSPS) is 14.0. The molecule has 0 saturated heterocycles. The maximum atomic E-state index is 13.3. The van der Waals surface area contributed by atoms with Crippen LogP contribution in [-0.4, -0.2) is 18.9 Å². The Hall–Kier alpha value is -3.66. The van der Waals surface area contributed by atoms with Crippen molar-refractivity contribution in [1.82, 2.24) is 0 Å². The SMILES string of the molecule is CN(C1=C(c2ccccc2)C(=O)N(c2ccccc2)C1=O)c1ccccc1. The zero-order valence-corrected chi connectivity index (χ0v) is 14.9. The maximum Gasteiger partial charge on any atom is 0.282 e. The van der Waals surface area contributed by atoms with Crippen LogP contribution in [0.3, 0.4) is 0 Å². The van der Waals surface area contributed by atoms with Crippen molar-refractivity contribution >= 4 is 28.8 Å². The van der Waals surface area contributed by atoms with Gasteiger partial charge in [-0.1, -0.05) is 66.7 Å². The molecule has 2 amide bonds. The second kappa shape index (κ2) is 6.92. The lowest BCUT2D eigenvalue weighted by molar-refractivity contribution is -0.120. The van der Waals surface area contributed by atoms with E-state index in [1.807, 2.05) is 85.9 Å². The molecule has 4 rings (SSSR count). The van der Waals surface area contributed by atoms with Gasteiger partial charge in [-0.2, -0.15) is 0 Å². The highest BCUT2D eigenvalue weighted by Crippen LogP contribution is 2.35. The molecule has 3 aromatic rings. The van der Waals surface area contributed by atoms with E-state index in [1.165, 1.54) is 4.90 Å². The summed E-state index contributed by atoms with van der Waals surface area (Å²) >= 11 is 0. The highest BCUT2D eigenvalue weighted by molar-refractivity contribution is 6.46. The molecule has 1 aliphatic heterocycles. The first kappa shape index (κ1) is 16.8. The monoisotopic (exact) mass is 354 g/mol. The van der Waals surface area contributed by atoms with Gasteiger partial charge in [-0.3, -0.25) is 9.59 Å². The molecular weight excluding hydrogens is 336 g/mol. The average molecular weight is 354 g/mol. The molecule has 0 saturated carbocycles. The van der Waals surface area contributed by atoms with Crippen LogP contribution in [0.5, 0.6) is 0 Å². The van der Waals surface area contributed by atoms with Gasteiger partial charge in [0, 0.05) is 12.7 Å². The second-order valence-corrected chi connectivity index (χ2v) is 6.27. The lowest BCUT2D eigenvalue weighted by Crippen LogP contribution is -2.34.